The number of halogens is 1. The number of likely N-dealkylation sites (tertiary alicyclic amines) is 1. The molecule has 0 aromatic heterocycles. The molecule has 0 bridgehead atoms. The van der Waals surface area contributed by atoms with E-state index in [1.807, 2.05) is 13.8 Å². The highest BCUT2D eigenvalue weighted by Crippen LogP contribution is 2.12. The van der Waals surface area contributed by atoms with Crippen molar-refractivity contribution in [2.75, 3.05) is 26.2 Å². The van der Waals surface area contributed by atoms with Crippen LogP contribution in [0.1, 0.15) is 26.7 Å². The van der Waals surface area contributed by atoms with Crippen molar-refractivity contribution in [1.29, 1.82) is 0 Å². The Morgan fingerprint density at radius 1 is 1.54 bits per heavy atom. The largest absolute Gasteiger partial charge is 0.377 e. The summed E-state index contributed by atoms with van der Waals surface area (Å²) >= 11 is 0. The topological polar surface area (TPSA) is 12.5 Å². The minimum atomic E-state index is -0.618. The lowest BCUT2D eigenvalue weighted by Crippen LogP contribution is -2.38. The zero-order chi connectivity index (χ0) is 9.68. The lowest BCUT2D eigenvalue weighted by atomic mass is 10.1. The maximum absolute atomic E-state index is 12.9. The molecule has 0 N–H and O–H groups in total. The predicted octanol–water partition coefficient (Wildman–Crippen LogP) is 1.85. The third kappa shape index (κ3) is 4.58. The second-order valence-electron chi connectivity index (χ2n) is 3.96. The van der Waals surface area contributed by atoms with E-state index < -0.39 is 6.17 Å². The molecule has 1 aliphatic rings. The van der Waals surface area contributed by atoms with Crippen molar-refractivity contribution in [3.63, 3.8) is 0 Å². The molecule has 0 saturated carbocycles. The van der Waals surface area contributed by atoms with Crippen LogP contribution in [0, 0.1) is 0 Å². The average Bonchev–Trinajstić information content (AvgIpc) is 2.03. The summed E-state index contributed by atoms with van der Waals surface area (Å²) in [5.74, 6) is 0. The van der Waals surface area contributed by atoms with Crippen molar-refractivity contribution in [1.82, 2.24) is 4.90 Å². The molecule has 0 aliphatic carbocycles. The van der Waals surface area contributed by atoms with Gasteiger partial charge in [-0.1, -0.05) is 0 Å². The van der Waals surface area contributed by atoms with Gasteiger partial charge in [0, 0.05) is 13.1 Å². The number of nitrogens with zero attached hydrogens (tertiary/aromatic N) is 1. The van der Waals surface area contributed by atoms with Crippen molar-refractivity contribution in [3.8, 4) is 0 Å². The van der Waals surface area contributed by atoms with E-state index in [-0.39, 0.29) is 6.10 Å². The lowest BCUT2D eigenvalue weighted by molar-refractivity contribution is 0.0447. The molecular weight excluding hydrogens is 169 g/mol. The summed E-state index contributed by atoms with van der Waals surface area (Å²) in [5, 5.41) is 0. The molecule has 0 aromatic rings. The highest BCUT2D eigenvalue weighted by atomic mass is 19.1. The lowest BCUT2D eigenvalue weighted by Gasteiger charge is -2.28. The van der Waals surface area contributed by atoms with Crippen LogP contribution in [0.3, 0.4) is 0 Å². The van der Waals surface area contributed by atoms with E-state index in [1.54, 1.807) is 0 Å². The number of hydrogen-bond donors (Lipinski definition) is 0. The van der Waals surface area contributed by atoms with Gasteiger partial charge in [-0.05, 0) is 33.2 Å². The zero-order valence-corrected chi connectivity index (χ0v) is 8.63. The van der Waals surface area contributed by atoms with Gasteiger partial charge in [-0.25, -0.2) is 4.39 Å². The van der Waals surface area contributed by atoms with Gasteiger partial charge < -0.3 is 4.74 Å². The van der Waals surface area contributed by atoms with Crippen molar-refractivity contribution in [2.24, 2.45) is 0 Å². The first-order chi connectivity index (χ1) is 6.18. The number of rotatable bonds is 4. The molecule has 13 heavy (non-hydrogen) atoms. The molecule has 0 radical (unpaired) electrons. The first-order valence-electron chi connectivity index (χ1n) is 5.16. The maximum Gasteiger partial charge on any atom is 0.113 e. The standard InChI is InChI=1S/C10H20FNO/c1-9(2)13-7-6-12-5-3-4-10(11)8-12/h9-10H,3-8H2,1-2H3. The summed E-state index contributed by atoms with van der Waals surface area (Å²) in [6.07, 6.45) is 1.39. The summed E-state index contributed by atoms with van der Waals surface area (Å²) in [6.45, 7) is 7.27. The molecule has 0 spiro atoms. The number of ether oxygens (including phenoxy) is 1. The van der Waals surface area contributed by atoms with E-state index in [2.05, 4.69) is 4.90 Å². The fourth-order valence-electron chi connectivity index (χ4n) is 1.62. The normalized spacial score (nSPS) is 25.4. The maximum atomic E-state index is 12.9. The third-order valence-corrected chi connectivity index (χ3v) is 2.31. The Bertz CT molecular complexity index is 141. The van der Waals surface area contributed by atoms with Crippen LogP contribution < -0.4 is 0 Å². The highest BCUT2D eigenvalue weighted by molar-refractivity contribution is 4.71. The quantitative estimate of drug-likeness (QED) is 0.669. The molecule has 0 amide bonds. The van der Waals surface area contributed by atoms with Crippen molar-refractivity contribution in [3.05, 3.63) is 0 Å². The molecular formula is C10H20FNO. The van der Waals surface area contributed by atoms with Gasteiger partial charge in [-0.15, -0.1) is 0 Å². The minimum absolute atomic E-state index is 0.283. The average molecular weight is 189 g/mol. The molecule has 1 fully saturated rings. The Hall–Kier alpha value is -0.150. The number of piperidine rings is 1. The molecule has 1 saturated heterocycles. The highest BCUT2D eigenvalue weighted by Gasteiger charge is 2.18. The zero-order valence-electron chi connectivity index (χ0n) is 8.63. The van der Waals surface area contributed by atoms with E-state index in [0.717, 1.165) is 32.5 Å². The van der Waals surface area contributed by atoms with E-state index in [9.17, 15) is 4.39 Å². The Labute approximate surface area is 80.1 Å². The number of alkyl halides is 1. The fourth-order valence-corrected chi connectivity index (χ4v) is 1.62. The molecule has 2 nitrogen and oxygen atoms in total. The molecule has 1 unspecified atom stereocenters. The summed E-state index contributed by atoms with van der Waals surface area (Å²) in [5.41, 5.74) is 0. The van der Waals surface area contributed by atoms with E-state index in [0.29, 0.717) is 6.54 Å². The summed E-state index contributed by atoms with van der Waals surface area (Å²) in [4.78, 5) is 2.15. The van der Waals surface area contributed by atoms with Gasteiger partial charge in [0.05, 0.1) is 12.7 Å². The molecule has 1 aliphatic heterocycles. The van der Waals surface area contributed by atoms with Crippen LogP contribution >= 0.6 is 0 Å². The third-order valence-electron chi connectivity index (χ3n) is 2.31. The fraction of sp³-hybridized carbons (Fsp3) is 1.00. The molecule has 1 rings (SSSR count). The Balaban J connectivity index is 2.06. The predicted molar refractivity (Wildman–Crippen MR) is 51.7 cm³/mol. The second kappa shape index (κ2) is 5.55. The van der Waals surface area contributed by atoms with Crippen LogP contribution in [0.4, 0.5) is 4.39 Å². The van der Waals surface area contributed by atoms with Crippen LogP contribution in [0.25, 0.3) is 0 Å². The van der Waals surface area contributed by atoms with Crippen molar-refractivity contribution in [2.45, 2.75) is 39.0 Å². The van der Waals surface area contributed by atoms with Gasteiger partial charge >= 0.3 is 0 Å². The van der Waals surface area contributed by atoms with Crippen LogP contribution in [-0.4, -0.2) is 43.4 Å². The first kappa shape index (κ1) is 10.9. The van der Waals surface area contributed by atoms with Gasteiger partial charge in [-0.2, -0.15) is 0 Å². The van der Waals surface area contributed by atoms with Gasteiger partial charge in [0.1, 0.15) is 6.17 Å². The van der Waals surface area contributed by atoms with Gasteiger partial charge in [0.25, 0.3) is 0 Å². The van der Waals surface area contributed by atoms with Crippen molar-refractivity contribution >= 4 is 0 Å². The van der Waals surface area contributed by atoms with E-state index in [1.165, 1.54) is 0 Å². The van der Waals surface area contributed by atoms with Gasteiger partial charge in [0.2, 0.25) is 0 Å². The van der Waals surface area contributed by atoms with Crippen LogP contribution in [0.5, 0.6) is 0 Å². The Morgan fingerprint density at radius 3 is 2.92 bits per heavy atom. The van der Waals surface area contributed by atoms with E-state index in [4.69, 9.17) is 4.74 Å². The second-order valence-corrected chi connectivity index (χ2v) is 3.96. The van der Waals surface area contributed by atoms with Gasteiger partial charge in [-0.3, -0.25) is 4.90 Å². The molecule has 1 atom stereocenters. The summed E-state index contributed by atoms with van der Waals surface area (Å²) in [6, 6.07) is 0. The van der Waals surface area contributed by atoms with Crippen LogP contribution in [0.15, 0.2) is 0 Å². The summed E-state index contributed by atoms with van der Waals surface area (Å²) in [7, 11) is 0. The summed E-state index contributed by atoms with van der Waals surface area (Å²) < 4.78 is 18.4. The SMILES string of the molecule is CC(C)OCCN1CCCC(F)C1. The monoisotopic (exact) mass is 189 g/mol. The van der Waals surface area contributed by atoms with Gasteiger partial charge in [0.15, 0.2) is 0 Å². The molecule has 78 valence electrons. The minimum Gasteiger partial charge on any atom is -0.377 e. The van der Waals surface area contributed by atoms with Crippen molar-refractivity contribution < 1.29 is 9.13 Å². The molecule has 0 aromatic carbocycles. The van der Waals surface area contributed by atoms with E-state index >= 15 is 0 Å². The smallest absolute Gasteiger partial charge is 0.113 e. The Kier molecular flexibility index (Phi) is 4.67. The van der Waals surface area contributed by atoms with Crippen LogP contribution in [0.2, 0.25) is 0 Å². The van der Waals surface area contributed by atoms with Crippen LogP contribution in [-0.2, 0) is 4.74 Å². The molecule has 1 heterocycles. The molecule has 3 heteroatoms. The number of hydrogen-bond acceptors (Lipinski definition) is 2. The Morgan fingerprint density at radius 2 is 2.31 bits per heavy atom. The first-order valence-corrected chi connectivity index (χ1v) is 5.16.